The average molecular weight is 426 g/mol. The van der Waals surface area contributed by atoms with Crippen LogP contribution in [0.15, 0.2) is 83.9 Å². The molecule has 3 rings (SSSR count). The summed E-state index contributed by atoms with van der Waals surface area (Å²) in [4.78, 5) is 4.65. The first-order valence-electron chi connectivity index (χ1n) is 12.6. The van der Waals surface area contributed by atoms with Gasteiger partial charge in [0.15, 0.2) is 0 Å². The summed E-state index contributed by atoms with van der Waals surface area (Å²) < 4.78 is 0. The lowest BCUT2D eigenvalue weighted by Crippen LogP contribution is -1.86. The van der Waals surface area contributed by atoms with Crippen LogP contribution in [-0.2, 0) is 6.42 Å². The molecule has 0 aliphatic heterocycles. The fourth-order valence-corrected chi connectivity index (χ4v) is 4.11. The first-order valence-corrected chi connectivity index (χ1v) is 12.6. The number of nitrogens with zero attached hydrogens (tertiary/aromatic N) is 1. The number of rotatable bonds is 14. The largest absolute Gasteiger partial charge is 0.256 e. The zero-order valence-corrected chi connectivity index (χ0v) is 19.8. The van der Waals surface area contributed by atoms with E-state index in [9.17, 15) is 0 Å². The van der Waals surface area contributed by atoms with E-state index in [2.05, 4.69) is 84.7 Å². The molecule has 1 heteroatoms. The summed E-state index contributed by atoms with van der Waals surface area (Å²) in [7, 11) is 0. The highest BCUT2D eigenvalue weighted by Gasteiger charge is 1.98. The van der Waals surface area contributed by atoms with Crippen LogP contribution in [0.25, 0.3) is 11.1 Å². The topological polar surface area (TPSA) is 12.4 Å². The van der Waals surface area contributed by atoms with Gasteiger partial charge in [0.2, 0.25) is 0 Å². The minimum Gasteiger partial charge on any atom is -0.256 e. The Morgan fingerprint density at radius 1 is 0.562 bits per heavy atom. The van der Waals surface area contributed by atoms with Crippen molar-refractivity contribution in [2.75, 3.05) is 0 Å². The molecule has 32 heavy (non-hydrogen) atoms. The van der Waals surface area contributed by atoms with Crippen molar-refractivity contribution in [3.63, 3.8) is 0 Å². The predicted molar refractivity (Wildman–Crippen MR) is 141 cm³/mol. The Balaban J connectivity index is 1.34. The van der Waals surface area contributed by atoms with E-state index in [1.54, 1.807) is 0 Å². The van der Waals surface area contributed by atoms with E-state index in [-0.39, 0.29) is 0 Å². The van der Waals surface area contributed by atoms with Gasteiger partial charge in [-0.2, -0.15) is 0 Å². The molecule has 0 saturated carbocycles. The second-order valence-corrected chi connectivity index (χ2v) is 8.84. The first kappa shape index (κ1) is 24.0. The number of hydrogen-bond donors (Lipinski definition) is 0. The van der Waals surface area contributed by atoms with E-state index >= 15 is 0 Å². The number of aryl methyl sites for hydroxylation is 1. The molecular formula is C31H39N. The van der Waals surface area contributed by atoms with Gasteiger partial charge in [0.05, 0.1) is 5.69 Å². The highest BCUT2D eigenvalue weighted by atomic mass is 14.7. The van der Waals surface area contributed by atoms with E-state index in [0.717, 1.165) is 11.3 Å². The lowest BCUT2D eigenvalue weighted by molar-refractivity contribution is 0.556. The predicted octanol–water partition coefficient (Wildman–Crippen LogP) is 9.57. The van der Waals surface area contributed by atoms with Crippen LogP contribution in [0.5, 0.6) is 0 Å². The van der Waals surface area contributed by atoms with E-state index in [1.165, 1.54) is 87.3 Å². The Kier molecular flexibility index (Phi) is 10.8. The summed E-state index contributed by atoms with van der Waals surface area (Å²) in [5.41, 5.74) is 6.05. The zero-order valence-electron chi connectivity index (χ0n) is 19.8. The monoisotopic (exact) mass is 425 g/mol. The van der Waals surface area contributed by atoms with Crippen molar-refractivity contribution in [3.05, 3.63) is 90.0 Å². The van der Waals surface area contributed by atoms with Crippen molar-refractivity contribution in [3.8, 4) is 11.1 Å². The summed E-state index contributed by atoms with van der Waals surface area (Å²) >= 11 is 0. The number of unbranched alkanes of at least 4 members (excludes halogenated alkanes) is 9. The molecule has 1 nitrogen and oxygen atoms in total. The smallest absolute Gasteiger partial charge is 0.0630 e. The van der Waals surface area contributed by atoms with Crippen molar-refractivity contribution >= 4 is 11.9 Å². The van der Waals surface area contributed by atoms with Crippen LogP contribution in [-0.4, -0.2) is 6.21 Å². The van der Waals surface area contributed by atoms with Crippen LogP contribution in [0.4, 0.5) is 5.69 Å². The first-order chi connectivity index (χ1) is 15.8. The maximum Gasteiger partial charge on any atom is 0.0630 e. The fourth-order valence-electron chi connectivity index (χ4n) is 4.11. The molecule has 0 N–H and O–H groups in total. The van der Waals surface area contributed by atoms with Crippen molar-refractivity contribution in [2.24, 2.45) is 4.99 Å². The van der Waals surface area contributed by atoms with Crippen LogP contribution >= 0.6 is 0 Å². The molecular weight excluding hydrogens is 386 g/mol. The molecule has 0 spiro atoms. The van der Waals surface area contributed by atoms with E-state index in [4.69, 9.17) is 0 Å². The Morgan fingerprint density at radius 3 is 1.75 bits per heavy atom. The highest BCUT2D eigenvalue weighted by molar-refractivity contribution is 5.83. The molecule has 3 aromatic carbocycles. The lowest BCUT2D eigenvalue weighted by atomic mass is 10.0. The molecule has 0 atom stereocenters. The molecule has 0 aromatic heterocycles. The third-order valence-corrected chi connectivity index (χ3v) is 6.14. The van der Waals surface area contributed by atoms with E-state index in [0.29, 0.717) is 0 Å². The van der Waals surface area contributed by atoms with Crippen LogP contribution in [0.1, 0.15) is 82.3 Å². The van der Waals surface area contributed by atoms with Gasteiger partial charge in [0, 0.05) is 6.21 Å². The molecule has 0 bridgehead atoms. The van der Waals surface area contributed by atoms with Crippen molar-refractivity contribution in [2.45, 2.75) is 77.6 Å². The number of hydrogen-bond acceptors (Lipinski definition) is 1. The maximum atomic E-state index is 4.65. The molecule has 0 aliphatic rings. The molecule has 0 unspecified atom stereocenters. The second kappa shape index (κ2) is 14.4. The van der Waals surface area contributed by atoms with Gasteiger partial charge >= 0.3 is 0 Å². The van der Waals surface area contributed by atoms with Gasteiger partial charge in [-0.25, -0.2) is 0 Å². The van der Waals surface area contributed by atoms with Gasteiger partial charge in [0.25, 0.3) is 0 Å². The number of aliphatic imine (C=N–C) groups is 1. The normalized spacial score (nSPS) is 11.3. The molecule has 0 heterocycles. The van der Waals surface area contributed by atoms with Crippen LogP contribution in [0.2, 0.25) is 0 Å². The van der Waals surface area contributed by atoms with Crippen LogP contribution in [0.3, 0.4) is 0 Å². The van der Waals surface area contributed by atoms with E-state index < -0.39 is 0 Å². The van der Waals surface area contributed by atoms with Gasteiger partial charge in [-0.15, -0.1) is 0 Å². The molecule has 3 aromatic rings. The fraction of sp³-hybridized carbons (Fsp3) is 0.387. The summed E-state index contributed by atoms with van der Waals surface area (Å²) in [6.45, 7) is 2.28. The Hall–Kier alpha value is -2.67. The van der Waals surface area contributed by atoms with Crippen LogP contribution < -0.4 is 0 Å². The van der Waals surface area contributed by atoms with E-state index in [1.807, 2.05) is 12.3 Å². The molecule has 168 valence electrons. The summed E-state index contributed by atoms with van der Waals surface area (Å²) in [6.07, 6.45) is 17.0. The summed E-state index contributed by atoms with van der Waals surface area (Å²) in [6, 6.07) is 27.8. The van der Waals surface area contributed by atoms with Gasteiger partial charge in [-0.1, -0.05) is 131 Å². The molecule has 0 aliphatic carbocycles. The Morgan fingerprint density at radius 2 is 1.12 bits per heavy atom. The molecule has 0 saturated heterocycles. The standard InChI is InChI=1S/C31H39N/c1-2-3-4-5-6-7-8-9-10-12-15-27-20-24-31(25-21-27)32-26-28-18-22-30(23-19-28)29-16-13-11-14-17-29/h11,13-14,16-26H,2-10,12,15H2,1H3. The second-order valence-electron chi connectivity index (χ2n) is 8.84. The van der Waals surface area contributed by atoms with Crippen LogP contribution in [0, 0.1) is 0 Å². The maximum absolute atomic E-state index is 4.65. The number of benzene rings is 3. The van der Waals surface area contributed by atoms with Crippen molar-refractivity contribution < 1.29 is 0 Å². The van der Waals surface area contributed by atoms with Crippen molar-refractivity contribution in [1.82, 2.24) is 0 Å². The molecule has 0 radical (unpaired) electrons. The van der Waals surface area contributed by atoms with Gasteiger partial charge < -0.3 is 0 Å². The highest BCUT2D eigenvalue weighted by Crippen LogP contribution is 2.20. The third-order valence-electron chi connectivity index (χ3n) is 6.14. The van der Waals surface area contributed by atoms with Gasteiger partial charge in [-0.3, -0.25) is 4.99 Å². The molecule has 0 fully saturated rings. The minimum atomic E-state index is 1.02. The molecule has 0 amide bonds. The summed E-state index contributed by atoms with van der Waals surface area (Å²) in [5.74, 6) is 0. The van der Waals surface area contributed by atoms with Gasteiger partial charge in [-0.05, 0) is 47.2 Å². The van der Waals surface area contributed by atoms with Gasteiger partial charge in [0.1, 0.15) is 0 Å². The van der Waals surface area contributed by atoms with Crippen molar-refractivity contribution in [1.29, 1.82) is 0 Å². The minimum absolute atomic E-state index is 1.02. The quantitative estimate of drug-likeness (QED) is 0.180. The Labute approximate surface area is 195 Å². The SMILES string of the molecule is CCCCCCCCCCCCc1ccc(N=Cc2ccc(-c3ccccc3)cc2)cc1. The Bertz CT molecular complexity index is 891. The summed E-state index contributed by atoms with van der Waals surface area (Å²) in [5, 5.41) is 0. The average Bonchev–Trinajstić information content (AvgIpc) is 2.85. The lowest BCUT2D eigenvalue weighted by Gasteiger charge is -2.04. The zero-order chi connectivity index (χ0) is 22.3. The third kappa shape index (κ3) is 8.83.